The summed E-state index contributed by atoms with van der Waals surface area (Å²) in [6.07, 6.45) is 1.64. The molecule has 0 bridgehead atoms. The number of anilines is 1. The Kier molecular flexibility index (Phi) is 4.24. The third-order valence-corrected chi connectivity index (χ3v) is 5.15. The van der Waals surface area contributed by atoms with E-state index in [4.69, 9.17) is 13.9 Å². The Morgan fingerprint density at radius 1 is 1.03 bits per heavy atom. The van der Waals surface area contributed by atoms with Crippen LogP contribution in [0.5, 0.6) is 11.5 Å². The van der Waals surface area contributed by atoms with Crippen LogP contribution in [0.25, 0.3) is 11.1 Å². The van der Waals surface area contributed by atoms with Gasteiger partial charge in [-0.2, -0.15) is 0 Å². The molecule has 5 rings (SSSR count). The Morgan fingerprint density at radius 2 is 1.86 bits per heavy atom. The van der Waals surface area contributed by atoms with E-state index in [1.54, 1.807) is 18.4 Å². The fourth-order valence-electron chi connectivity index (χ4n) is 3.61. The number of aromatic nitrogens is 1. The molecule has 0 atom stereocenters. The van der Waals surface area contributed by atoms with Crippen molar-refractivity contribution in [1.82, 2.24) is 4.57 Å². The molecule has 0 saturated carbocycles. The van der Waals surface area contributed by atoms with Crippen LogP contribution in [0.3, 0.4) is 0 Å². The van der Waals surface area contributed by atoms with Gasteiger partial charge in [0, 0.05) is 30.4 Å². The Bertz CT molecular complexity index is 1200. The smallest absolute Gasteiger partial charge is 0.272 e. The topological polar surface area (TPSA) is 65.6 Å². The molecule has 1 aliphatic heterocycles. The summed E-state index contributed by atoms with van der Waals surface area (Å²) in [6.45, 7) is 3.68. The van der Waals surface area contributed by atoms with Crippen molar-refractivity contribution in [2.45, 2.75) is 13.5 Å². The molecule has 6 heteroatoms. The van der Waals surface area contributed by atoms with Crippen molar-refractivity contribution in [2.24, 2.45) is 0 Å². The quantitative estimate of drug-likeness (QED) is 0.554. The Balaban J connectivity index is 1.47. The maximum atomic E-state index is 13.1. The number of hydrogen-bond donors (Lipinski definition) is 1. The number of rotatable bonds is 4. The molecular weight excluding hydrogens is 368 g/mol. The van der Waals surface area contributed by atoms with Gasteiger partial charge in [0.15, 0.2) is 17.1 Å². The number of amides is 1. The molecular formula is C23H20N2O4. The zero-order valence-electron chi connectivity index (χ0n) is 16.0. The highest BCUT2D eigenvalue weighted by atomic mass is 16.6. The molecule has 1 amide bonds. The van der Waals surface area contributed by atoms with E-state index in [0.29, 0.717) is 48.2 Å². The molecule has 0 aliphatic carbocycles. The van der Waals surface area contributed by atoms with Crippen LogP contribution in [-0.2, 0) is 6.54 Å². The summed E-state index contributed by atoms with van der Waals surface area (Å²) in [5, 5.41) is 2.96. The zero-order valence-corrected chi connectivity index (χ0v) is 16.0. The predicted molar refractivity (Wildman–Crippen MR) is 110 cm³/mol. The fourth-order valence-corrected chi connectivity index (χ4v) is 3.61. The van der Waals surface area contributed by atoms with E-state index in [9.17, 15) is 4.79 Å². The molecule has 0 radical (unpaired) electrons. The minimum Gasteiger partial charge on any atom is -0.486 e. The number of nitrogens with one attached hydrogen (secondary N) is 1. The summed E-state index contributed by atoms with van der Waals surface area (Å²) < 4.78 is 18.7. The van der Waals surface area contributed by atoms with Gasteiger partial charge in [-0.1, -0.05) is 24.3 Å². The Hall–Kier alpha value is -3.67. The van der Waals surface area contributed by atoms with Gasteiger partial charge in [0.05, 0.1) is 11.8 Å². The van der Waals surface area contributed by atoms with Crippen LogP contribution in [-0.4, -0.2) is 23.7 Å². The van der Waals surface area contributed by atoms with E-state index in [2.05, 4.69) is 24.4 Å². The van der Waals surface area contributed by atoms with Crippen LogP contribution in [0, 0.1) is 6.92 Å². The minimum absolute atomic E-state index is 0.207. The molecule has 29 heavy (non-hydrogen) atoms. The highest BCUT2D eigenvalue weighted by Gasteiger charge is 2.19. The number of aryl methyl sites for hydroxylation is 1. The molecule has 6 nitrogen and oxygen atoms in total. The molecule has 4 aromatic rings. The average Bonchev–Trinajstić information content (AvgIpc) is 3.32. The van der Waals surface area contributed by atoms with Gasteiger partial charge in [-0.25, -0.2) is 0 Å². The molecule has 2 aromatic carbocycles. The van der Waals surface area contributed by atoms with Crippen molar-refractivity contribution in [3.63, 3.8) is 0 Å². The first-order valence-corrected chi connectivity index (χ1v) is 9.51. The van der Waals surface area contributed by atoms with Crippen molar-refractivity contribution >= 4 is 22.7 Å². The van der Waals surface area contributed by atoms with E-state index < -0.39 is 0 Å². The SMILES string of the molecule is Cc1ccccc1Cn1c(C(=O)Nc2ccc3c(c2)OCCO3)cc2occc21. The largest absolute Gasteiger partial charge is 0.486 e. The first kappa shape index (κ1) is 17.4. The van der Waals surface area contributed by atoms with Gasteiger partial charge in [0.25, 0.3) is 5.91 Å². The number of carbonyl (C=O) groups excluding carboxylic acids is 1. The summed E-state index contributed by atoms with van der Waals surface area (Å²) >= 11 is 0. The summed E-state index contributed by atoms with van der Waals surface area (Å²) in [6, 6.07) is 17.2. The first-order chi connectivity index (χ1) is 14.2. The van der Waals surface area contributed by atoms with Crippen LogP contribution in [0.4, 0.5) is 5.69 Å². The third kappa shape index (κ3) is 3.23. The van der Waals surface area contributed by atoms with Crippen LogP contribution in [0.2, 0.25) is 0 Å². The summed E-state index contributed by atoms with van der Waals surface area (Å²) in [5.74, 6) is 1.12. The van der Waals surface area contributed by atoms with Gasteiger partial charge in [-0.15, -0.1) is 0 Å². The van der Waals surface area contributed by atoms with Gasteiger partial charge in [0.1, 0.15) is 18.9 Å². The van der Waals surface area contributed by atoms with Crippen LogP contribution in [0.1, 0.15) is 21.6 Å². The molecule has 1 aliphatic rings. The van der Waals surface area contributed by atoms with E-state index in [0.717, 1.165) is 11.1 Å². The Morgan fingerprint density at radius 3 is 2.72 bits per heavy atom. The molecule has 0 spiro atoms. The highest BCUT2D eigenvalue weighted by Crippen LogP contribution is 2.33. The molecule has 0 unspecified atom stereocenters. The standard InChI is InChI=1S/C23H20N2O4/c1-15-4-2-3-5-16(15)14-25-18-8-9-27-21(18)13-19(25)23(26)24-17-6-7-20-22(12-17)29-11-10-28-20/h2-9,12-13H,10-11,14H2,1H3,(H,24,26). The molecule has 0 fully saturated rings. The molecule has 146 valence electrons. The molecule has 1 N–H and O–H groups in total. The van der Waals surface area contributed by atoms with Crippen molar-refractivity contribution in [3.05, 3.63) is 77.7 Å². The number of ether oxygens (including phenoxy) is 2. The van der Waals surface area contributed by atoms with Gasteiger partial charge in [-0.05, 0) is 30.2 Å². The van der Waals surface area contributed by atoms with Gasteiger partial charge < -0.3 is 23.8 Å². The number of nitrogens with zero attached hydrogens (tertiary/aromatic N) is 1. The number of benzene rings is 2. The number of carbonyl (C=O) groups is 1. The fraction of sp³-hybridized carbons (Fsp3) is 0.174. The van der Waals surface area contributed by atoms with Crippen molar-refractivity contribution in [1.29, 1.82) is 0 Å². The monoisotopic (exact) mass is 388 g/mol. The van der Waals surface area contributed by atoms with Crippen LogP contribution in [0.15, 0.2) is 65.3 Å². The van der Waals surface area contributed by atoms with Crippen molar-refractivity contribution in [3.8, 4) is 11.5 Å². The maximum Gasteiger partial charge on any atom is 0.272 e. The van der Waals surface area contributed by atoms with E-state index in [-0.39, 0.29) is 5.91 Å². The number of fused-ring (bicyclic) bond motifs is 2. The minimum atomic E-state index is -0.207. The summed E-state index contributed by atoms with van der Waals surface area (Å²) in [7, 11) is 0. The zero-order chi connectivity index (χ0) is 19.8. The summed E-state index contributed by atoms with van der Waals surface area (Å²) in [4.78, 5) is 13.1. The summed E-state index contributed by atoms with van der Waals surface area (Å²) in [5.41, 5.74) is 5.10. The second-order valence-electron chi connectivity index (χ2n) is 7.02. The van der Waals surface area contributed by atoms with Crippen molar-refractivity contribution in [2.75, 3.05) is 18.5 Å². The lowest BCUT2D eigenvalue weighted by molar-refractivity contribution is 0.101. The Labute approximate surface area is 167 Å². The van der Waals surface area contributed by atoms with E-state index in [1.807, 2.05) is 34.9 Å². The second-order valence-corrected chi connectivity index (χ2v) is 7.02. The first-order valence-electron chi connectivity index (χ1n) is 9.51. The number of hydrogen-bond acceptors (Lipinski definition) is 4. The van der Waals surface area contributed by atoms with Crippen LogP contribution >= 0.6 is 0 Å². The average molecular weight is 388 g/mol. The van der Waals surface area contributed by atoms with Crippen molar-refractivity contribution < 1.29 is 18.7 Å². The van der Waals surface area contributed by atoms with Crippen LogP contribution < -0.4 is 14.8 Å². The lowest BCUT2D eigenvalue weighted by Crippen LogP contribution is -2.19. The van der Waals surface area contributed by atoms with E-state index in [1.165, 1.54) is 5.56 Å². The van der Waals surface area contributed by atoms with Gasteiger partial charge in [-0.3, -0.25) is 4.79 Å². The number of furan rings is 1. The second kappa shape index (κ2) is 7.05. The molecule has 0 saturated heterocycles. The normalized spacial score (nSPS) is 12.9. The maximum absolute atomic E-state index is 13.1. The van der Waals surface area contributed by atoms with Gasteiger partial charge in [0.2, 0.25) is 0 Å². The molecule has 2 aromatic heterocycles. The lowest BCUT2D eigenvalue weighted by atomic mass is 10.1. The van der Waals surface area contributed by atoms with E-state index >= 15 is 0 Å². The predicted octanol–water partition coefficient (Wildman–Crippen LogP) is 4.61. The third-order valence-electron chi connectivity index (χ3n) is 5.15. The van der Waals surface area contributed by atoms with Gasteiger partial charge >= 0.3 is 0 Å². The molecule has 3 heterocycles. The highest BCUT2D eigenvalue weighted by molar-refractivity contribution is 6.06. The lowest BCUT2D eigenvalue weighted by Gasteiger charge is -2.19.